The van der Waals surface area contributed by atoms with Gasteiger partial charge in [-0.15, -0.1) is 11.3 Å². The highest BCUT2D eigenvalue weighted by molar-refractivity contribution is 7.21. The Bertz CT molecular complexity index is 1240. The molecule has 4 rings (SSSR count). The summed E-state index contributed by atoms with van der Waals surface area (Å²) >= 11 is 7.85. The molecule has 3 aromatic carbocycles. The number of amides is 2. The second-order valence-corrected chi connectivity index (χ2v) is 8.54. The largest absolute Gasteiger partial charge is 0.352 e. The van der Waals surface area contributed by atoms with E-state index in [1.807, 2.05) is 60.7 Å². The summed E-state index contributed by atoms with van der Waals surface area (Å²) in [6.45, 7) is 0.511. The van der Waals surface area contributed by atoms with Crippen LogP contribution < -0.4 is 10.2 Å². The van der Waals surface area contributed by atoms with E-state index in [4.69, 9.17) is 11.6 Å². The first-order valence-corrected chi connectivity index (χ1v) is 11.1. The Morgan fingerprint density at radius 3 is 2.39 bits per heavy atom. The van der Waals surface area contributed by atoms with Crippen LogP contribution in [-0.2, 0) is 6.42 Å². The van der Waals surface area contributed by atoms with Crippen molar-refractivity contribution in [2.24, 2.45) is 0 Å². The van der Waals surface area contributed by atoms with Crippen LogP contribution in [0.4, 0.5) is 5.69 Å². The monoisotopic (exact) mass is 448 g/mol. The number of nitrogens with zero attached hydrogens (tertiary/aromatic N) is 1. The third-order valence-corrected chi connectivity index (χ3v) is 6.75. The molecule has 31 heavy (non-hydrogen) atoms. The van der Waals surface area contributed by atoms with E-state index < -0.39 is 0 Å². The van der Waals surface area contributed by atoms with Crippen molar-refractivity contribution in [3.05, 3.63) is 99.9 Å². The molecule has 1 aromatic heterocycles. The van der Waals surface area contributed by atoms with Gasteiger partial charge in [0.15, 0.2) is 0 Å². The van der Waals surface area contributed by atoms with Crippen molar-refractivity contribution in [3.63, 3.8) is 0 Å². The van der Waals surface area contributed by atoms with E-state index in [1.54, 1.807) is 25.2 Å². The molecule has 1 heterocycles. The van der Waals surface area contributed by atoms with Gasteiger partial charge in [0, 0.05) is 23.7 Å². The summed E-state index contributed by atoms with van der Waals surface area (Å²) in [5.41, 5.74) is 2.14. The maximum Gasteiger partial charge on any atom is 0.269 e. The molecule has 0 aliphatic heterocycles. The summed E-state index contributed by atoms with van der Waals surface area (Å²) in [5, 5.41) is 4.26. The molecule has 156 valence electrons. The Kier molecular flexibility index (Phi) is 6.35. The number of carbonyl (C=O) groups is 2. The molecule has 0 saturated heterocycles. The SMILES string of the molecule is CN(C(=O)c1sc2ccccc2c1Cl)c1ccccc1C(=O)NCCc1ccccc1. The molecule has 1 N–H and O–H groups in total. The molecular weight excluding hydrogens is 428 g/mol. The summed E-state index contributed by atoms with van der Waals surface area (Å²) in [4.78, 5) is 28.0. The van der Waals surface area contributed by atoms with Gasteiger partial charge in [-0.05, 0) is 30.2 Å². The molecule has 2 amide bonds. The van der Waals surface area contributed by atoms with Crippen LogP contribution in [0.5, 0.6) is 0 Å². The van der Waals surface area contributed by atoms with Crippen molar-refractivity contribution in [2.45, 2.75) is 6.42 Å². The van der Waals surface area contributed by atoms with Crippen LogP contribution in [0.2, 0.25) is 5.02 Å². The highest BCUT2D eigenvalue weighted by atomic mass is 35.5. The predicted molar refractivity (Wildman–Crippen MR) is 128 cm³/mol. The number of fused-ring (bicyclic) bond motifs is 1. The quantitative estimate of drug-likeness (QED) is 0.405. The number of rotatable bonds is 6. The molecule has 0 spiro atoms. The van der Waals surface area contributed by atoms with Crippen LogP contribution in [0.15, 0.2) is 78.9 Å². The third kappa shape index (κ3) is 4.48. The molecule has 6 heteroatoms. The number of carbonyl (C=O) groups excluding carboxylic acids is 2. The average molecular weight is 449 g/mol. The van der Waals surface area contributed by atoms with Gasteiger partial charge in [0.25, 0.3) is 11.8 Å². The molecule has 0 saturated carbocycles. The first-order chi connectivity index (χ1) is 15.1. The predicted octanol–water partition coefficient (Wildman–Crippen LogP) is 5.80. The Hall–Kier alpha value is -3.15. The highest BCUT2D eigenvalue weighted by Crippen LogP contribution is 2.36. The minimum absolute atomic E-state index is 0.214. The van der Waals surface area contributed by atoms with Gasteiger partial charge in [-0.3, -0.25) is 9.59 Å². The van der Waals surface area contributed by atoms with Crippen LogP contribution >= 0.6 is 22.9 Å². The van der Waals surface area contributed by atoms with Crippen molar-refractivity contribution >= 4 is 50.5 Å². The van der Waals surface area contributed by atoms with Crippen LogP contribution in [0.1, 0.15) is 25.6 Å². The number of para-hydroxylation sites is 1. The Labute approximate surface area is 190 Å². The number of nitrogens with one attached hydrogen (secondary N) is 1. The van der Waals surface area contributed by atoms with Gasteiger partial charge in [0.05, 0.1) is 16.3 Å². The fourth-order valence-electron chi connectivity index (χ4n) is 3.43. The molecule has 0 fully saturated rings. The molecule has 4 nitrogen and oxygen atoms in total. The topological polar surface area (TPSA) is 49.4 Å². The molecule has 0 aliphatic rings. The normalized spacial score (nSPS) is 10.8. The maximum absolute atomic E-state index is 13.2. The molecule has 0 bridgehead atoms. The number of hydrogen-bond acceptors (Lipinski definition) is 3. The summed E-state index contributed by atoms with van der Waals surface area (Å²) in [5.74, 6) is -0.454. The summed E-state index contributed by atoms with van der Waals surface area (Å²) in [6, 6.07) is 24.7. The van der Waals surface area contributed by atoms with E-state index in [9.17, 15) is 9.59 Å². The van der Waals surface area contributed by atoms with E-state index in [2.05, 4.69) is 5.32 Å². The first kappa shape index (κ1) is 21.1. The third-order valence-electron chi connectivity index (χ3n) is 5.09. The van der Waals surface area contributed by atoms with Crippen molar-refractivity contribution in [2.75, 3.05) is 18.5 Å². The number of thiophene rings is 1. The van der Waals surface area contributed by atoms with Crippen molar-refractivity contribution in [3.8, 4) is 0 Å². The summed E-state index contributed by atoms with van der Waals surface area (Å²) in [6.07, 6.45) is 0.737. The lowest BCUT2D eigenvalue weighted by Crippen LogP contribution is -2.31. The molecule has 0 unspecified atom stereocenters. The molecule has 0 radical (unpaired) electrons. The first-order valence-electron chi connectivity index (χ1n) is 9.92. The number of halogens is 1. The second-order valence-electron chi connectivity index (χ2n) is 7.11. The lowest BCUT2D eigenvalue weighted by atomic mass is 10.1. The van der Waals surface area contributed by atoms with Crippen molar-refractivity contribution in [1.82, 2.24) is 5.32 Å². The molecule has 0 atom stereocenters. The highest BCUT2D eigenvalue weighted by Gasteiger charge is 2.24. The Balaban J connectivity index is 1.53. The number of hydrogen-bond donors (Lipinski definition) is 1. The van der Waals surface area contributed by atoms with Gasteiger partial charge in [0.2, 0.25) is 0 Å². The second kappa shape index (κ2) is 9.33. The van der Waals surface area contributed by atoms with E-state index >= 15 is 0 Å². The zero-order chi connectivity index (χ0) is 21.8. The smallest absolute Gasteiger partial charge is 0.269 e. The van der Waals surface area contributed by atoms with Crippen molar-refractivity contribution < 1.29 is 9.59 Å². The Morgan fingerprint density at radius 1 is 0.935 bits per heavy atom. The van der Waals surface area contributed by atoms with Gasteiger partial charge < -0.3 is 10.2 Å². The van der Waals surface area contributed by atoms with Gasteiger partial charge in [-0.1, -0.05) is 72.3 Å². The van der Waals surface area contributed by atoms with Crippen molar-refractivity contribution in [1.29, 1.82) is 0 Å². The maximum atomic E-state index is 13.2. The van der Waals surface area contributed by atoms with Crippen LogP contribution in [0.3, 0.4) is 0 Å². The van der Waals surface area contributed by atoms with Crippen LogP contribution in [0, 0.1) is 0 Å². The summed E-state index contributed by atoms with van der Waals surface area (Å²) < 4.78 is 0.955. The van der Waals surface area contributed by atoms with Gasteiger partial charge in [0.1, 0.15) is 4.88 Å². The zero-order valence-electron chi connectivity index (χ0n) is 17.0. The van der Waals surface area contributed by atoms with E-state index in [0.29, 0.717) is 27.7 Å². The number of benzene rings is 3. The van der Waals surface area contributed by atoms with Crippen LogP contribution in [0.25, 0.3) is 10.1 Å². The number of anilines is 1. The van der Waals surface area contributed by atoms with Gasteiger partial charge >= 0.3 is 0 Å². The van der Waals surface area contributed by atoms with E-state index in [1.165, 1.54) is 16.2 Å². The Morgan fingerprint density at radius 2 is 1.61 bits per heavy atom. The summed E-state index contributed by atoms with van der Waals surface area (Å²) in [7, 11) is 1.67. The molecule has 0 aliphatic carbocycles. The fourth-order valence-corrected chi connectivity index (χ4v) is 4.92. The van der Waals surface area contributed by atoms with E-state index in [0.717, 1.165) is 22.1 Å². The average Bonchev–Trinajstić information content (AvgIpc) is 3.15. The van der Waals surface area contributed by atoms with Crippen LogP contribution in [-0.4, -0.2) is 25.4 Å². The molecular formula is C25H21ClN2O2S. The van der Waals surface area contributed by atoms with E-state index in [-0.39, 0.29) is 11.8 Å². The fraction of sp³-hybridized carbons (Fsp3) is 0.120. The van der Waals surface area contributed by atoms with Gasteiger partial charge in [-0.25, -0.2) is 0 Å². The zero-order valence-corrected chi connectivity index (χ0v) is 18.5. The lowest BCUT2D eigenvalue weighted by molar-refractivity contribution is 0.0954. The lowest BCUT2D eigenvalue weighted by Gasteiger charge is -2.20. The standard InChI is InChI=1S/C25H21ClN2O2S/c1-28(25(30)23-22(26)19-12-6-8-14-21(19)31-23)20-13-7-5-11-18(20)24(29)27-16-15-17-9-3-2-4-10-17/h2-14H,15-16H2,1H3,(H,27,29). The minimum Gasteiger partial charge on any atom is -0.352 e. The van der Waals surface area contributed by atoms with Gasteiger partial charge in [-0.2, -0.15) is 0 Å². The molecule has 4 aromatic rings. The minimum atomic E-state index is -0.240.